The summed E-state index contributed by atoms with van der Waals surface area (Å²) < 4.78 is 1.34. The number of carbonyl (C=O) groups excluding carboxylic acids is 2. The van der Waals surface area contributed by atoms with E-state index >= 15 is 0 Å². The van der Waals surface area contributed by atoms with Crippen molar-refractivity contribution in [3.8, 4) is 0 Å². The van der Waals surface area contributed by atoms with Gasteiger partial charge in [-0.3, -0.25) is 19.3 Å². The standard InChI is InChI=1S/C18H20N4O3/c1-4-11(2)15-17(24)20-13-6-5-9-19-16(13)22(15)18(25)12-7-8-14(23)21(3)10-12/h5-11,15H,4H2,1-3H3,(H,20,24)/t11-,15?/m0/s1. The molecule has 7 heteroatoms. The van der Waals surface area contributed by atoms with Crippen LogP contribution in [0.25, 0.3) is 0 Å². The predicted octanol–water partition coefficient (Wildman–Crippen LogP) is 1.79. The maximum absolute atomic E-state index is 13.2. The van der Waals surface area contributed by atoms with Gasteiger partial charge in [-0.05, 0) is 24.1 Å². The van der Waals surface area contributed by atoms with Crippen molar-refractivity contribution in [2.24, 2.45) is 13.0 Å². The van der Waals surface area contributed by atoms with Crippen LogP contribution < -0.4 is 15.8 Å². The Kier molecular flexibility index (Phi) is 4.39. The van der Waals surface area contributed by atoms with Crippen molar-refractivity contribution in [1.29, 1.82) is 0 Å². The molecule has 0 bridgehead atoms. The molecule has 0 aromatic carbocycles. The minimum absolute atomic E-state index is 0.0494. The first-order valence-corrected chi connectivity index (χ1v) is 8.20. The number of anilines is 2. The largest absolute Gasteiger partial charge is 0.321 e. The van der Waals surface area contributed by atoms with Crippen molar-refractivity contribution in [3.05, 3.63) is 52.6 Å². The molecule has 1 aliphatic rings. The molecule has 0 saturated carbocycles. The Morgan fingerprint density at radius 3 is 2.76 bits per heavy atom. The van der Waals surface area contributed by atoms with E-state index in [0.29, 0.717) is 17.1 Å². The molecule has 0 saturated heterocycles. The molecule has 0 aliphatic carbocycles. The summed E-state index contributed by atoms with van der Waals surface area (Å²) in [6.45, 7) is 3.90. The van der Waals surface area contributed by atoms with E-state index in [1.807, 2.05) is 13.8 Å². The molecule has 7 nitrogen and oxygen atoms in total. The van der Waals surface area contributed by atoms with Crippen LogP contribution in [0.3, 0.4) is 0 Å². The third kappa shape index (κ3) is 2.93. The van der Waals surface area contributed by atoms with E-state index in [1.165, 1.54) is 27.8 Å². The van der Waals surface area contributed by atoms with Gasteiger partial charge in [-0.25, -0.2) is 4.98 Å². The monoisotopic (exact) mass is 340 g/mol. The van der Waals surface area contributed by atoms with Crippen molar-refractivity contribution in [2.45, 2.75) is 26.3 Å². The molecule has 0 spiro atoms. The highest BCUT2D eigenvalue weighted by atomic mass is 16.2. The van der Waals surface area contributed by atoms with E-state index in [1.54, 1.807) is 25.4 Å². The second-order valence-corrected chi connectivity index (χ2v) is 6.24. The number of nitrogens with one attached hydrogen (secondary N) is 1. The first kappa shape index (κ1) is 16.9. The number of aryl methyl sites for hydroxylation is 1. The molecule has 1 N–H and O–H groups in total. The molecule has 25 heavy (non-hydrogen) atoms. The Labute approximate surface area is 145 Å². The van der Waals surface area contributed by atoms with E-state index in [4.69, 9.17) is 0 Å². The fourth-order valence-corrected chi connectivity index (χ4v) is 2.96. The number of pyridine rings is 2. The zero-order valence-electron chi connectivity index (χ0n) is 14.4. The Balaban J connectivity index is 2.13. The number of hydrogen-bond donors (Lipinski definition) is 1. The van der Waals surface area contributed by atoms with Gasteiger partial charge in [-0.15, -0.1) is 0 Å². The number of rotatable bonds is 3. The van der Waals surface area contributed by atoms with Crippen molar-refractivity contribution < 1.29 is 9.59 Å². The first-order chi connectivity index (χ1) is 11.9. The van der Waals surface area contributed by atoms with Crippen LogP contribution in [0.5, 0.6) is 0 Å². The summed E-state index contributed by atoms with van der Waals surface area (Å²) in [5.74, 6) is -0.207. The van der Waals surface area contributed by atoms with Gasteiger partial charge in [0.25, 0.3) is 5.91 Å². The van der Waals surface area contributed by atoms with Crippen LogP contribution >= 0.6 is 0 Å². The number of hydrogen-bond acceptors (Lipinski definition) is 4. The van der Waals surface area contributed by atoms with Crippen molar-refractivity contribution in [2.75, 3.05) is 10.2 Å². The second kappa shape index (κ2) is 6.51. The minimum atomic E-state index is -0.655. The summed E-state index contributed by atoms with van der Waals surface area (Å²) in [6, 6.07) is 5.59. The fraction of sp³-hybridized carbons (Fsp3) is 0.333. The molecule has 3 rings (SSSR count). The molecular weight excluding hydrogens is 320 g/mol. The second-order valence-electron chi connectivity index (χ2n) is 6.24. The first-order valence-electron chi connectivity index (χ1n) is 8.20. The summed E-state index contributed by atoms with van der Waals surface area (Å²) in [5, 5.41) is 2.83. The number of carbonyl (C=O) groups is 2. The summed E-state index contributed by atoms with van der Waals surface area (Å²) in [6.07, 6.45) is 3.80. The van der Waals surface area contributed by atoms with Crippen molar-refractivity contribution >= 4 is 23.3 Å². The lowest BCUT2D eigenvalue weighted by Crippen LogP contribution is -2.54. The zero-order valence-corrected chi connectivity index (χ0v) is 14.4. The van der Waals surface area contributed by atoms with Crippen molar-refractivity contribution in [1.82, 2.24) is 9.55 Å². The van der Waals surface area contributed by atoms with Crippen molar-refractivity contribution in [3.63, 3.8) is 0 Å². The lowest BCUT2D eigenvalue weighted by Gasteiger charge is -2.38. The molecule has 2 amide bonds. The highest BCUT2D eigenvalue weighted by Gasteiger charge is 2.40. The third-order valence-electron chi connectivity index (χ3n) is 4.55. The van der Waals surface area contributed by atoms with E-state index < -0.39 is 6.04 Å². The lowest BCUT2D eigenvalue weighted by molar-refractivity contribution is -0.118. The van der Waals surface area contributed by atoms with Crippen LogP contribution in [-0.4, -0.2) is 27.4 Å². The maximum atomic E-state index is 13.2. The van der Waals surface area contributed by atoms with Crippen LogP contribution in [0.2, 0.25) is 0 Å². The molecule has 2 aromatic rings. The molecule has 0 fully saturated rings. The molecule has 1 unspecified atom stereocenters. The Morgan fingerprint density at radius 1 is 1.32 bits per heavy atom. The fourth-order valence-electron chi connectivity index (χ4n) is 2.96. The quantitative estimate of drug-likeness (QED) is 0.923. The maximum Gasteiger partial charge on any atom is 0.261 e. The molecular formula is C18H20N4O3. The van der Waals surface area contributed by atoms with Gasteiger partial charge in [-0.1, -0.05) is 20.3 Å². The van der Waals surface area contributed by atoms with E-state index in [9.17, 15) is 14.4 Å². The Hall–Kier alpha value is -2.96. The number of nitrogens with zero attached hydrogens (tertiary/aromatic N) is 3. The average Bonchev–Trinajstić information content (AvgIpc) is 2.61. The van der Waals surface area contributed by atoms with Crippen LogP contribution in [-0.2, 0) is 11.8 Å². The summed E-state index contributed by atoms with van der Waals surface area (Å²) in [7, 11) is 1.58. The predicted molar refractivity (Wildman–Crippen MR) is 94.6 cm³/mol. The van der Waals surface area contributed by atoms with Gasteiger partial charge in [0.05, 0.1) is 11.3 Å². The summed E-state index contributed by atoms with van der Waals surface area (Å²) in [5.41, 5.74) is 0.636. The van der Waals surface area contributed by atoms with Gasteiger partial charge in [0.15, 0.2) is 5.82 Å². The van der Waals surface area contributed by atoms with E-state index in [2.05, 4.69) is 10.3 Å². The van der Waals surface area contributed by atoms with Gasteiger partial charge in [-0.2, -0.15) is 0 Å². The molecule has 2 aromatic heterocycles. The van der Waals surface area contributed by atoms with Crippen LogP contribution in [0.1, 0.15) is 30.6 Å². The molecule has 3 heterocycles. The summed E-state index contributed by atoms with van der Waals surface area (Å²) >= 11 is 0. The SMILES string of the molecule is CC[C@H](C)C1C(=O)Nc2cccnc2N1C(=O)c1ccc(=O)n(C)c1. The highest BCUT2D eigenvalue weighted by molar-refractivity contribution is 6.15. The molecule has 2 atom stereocenters. The molecule has 0 radical (unpaired) electrons. The lowest BCUT2D eigenvalue weighted by atomic mass is 9.94. The Morgan fingerprint density at radius 2 is 2.08 bits per heavy atom. The topological polar surface area (TPSA) is 84.3 Å². The van der Waals surface area contributed by atoms with E-state index in [0.717, 1.165) is 6.42 Å². The average molecular weight is 340 g/mol. The van der Waals surface area contributed by atoms with Gasteiger partial charge in [0, 0.05) is 25.5 Å². The number of amides is 2. The third-order valence-corrected chi connectivity index (χ3v) is 4.55. The van der Waals surface area contributed by atoms with Crippen LogP contribution in [0.15, 0.2) is 41.5 Å². The smallest absolute Gasteiger partial charge is 0.261 e. The molecule has 130 valence electrons. The molecule has 1 aliphatic heterocycles. The van der Waals surface area contributed by atoms with Crippen LogP contribution in [0, 0.1) is 5.92 Å². The summed E-state index contributed by atoms with van der Waals surface area (Å²) in [4.78, 5) is 43.2. The highest BCUT2D eigenvalue weighted by Crippen LogP contribution is 2.34. The Bertz CT molecular complexity index is 890. The van der Waals surface area contributed by atoms with Gasteiger partial charge < -0.3 is 9.88 Å². The number of fused-ring (bicyclic) bond motifs is 1. The normalized spacial score (nSPS) is 17.6. The van der Waals surface area contributed by atoms with E-state index in [-0.39, 0.29) is 23.3 Å². The van der Waals surface area contributed by atoms with Gasteiger partial charge in [0.1, 0.15) is 6.04 Å². The minimum Gasteiger partial charge on any atom is -0.321 e. The zero-order chi connectivity index (χ0) is 18.1. The van der Waals surface area contributed by atoms with Gasteiger partial charge >= 0.3 is 0 Å². The van der Waals surface area contributed by atoms with Gasteiger partial charge in [0.2, 0.25) is 11.5 Å². The van der Waals surface area contributed by atoms with Crippen LogP contribution in [0.4, 0.5) is 11.5 Å². The number of aromatic nitrogens is 2.